The Hall–Kier alpha value is -1.36. The number of halogens is 1. The zero-order valence-electron chi connectivity index (χ0n) is 10.6. The highest BCUT2D eigenvalue weighted by Crippen LogP contribution is 2.09. The molecule has 4 nitrogen and oxygen atoms in total. The van der Waals surface area contributed by atoms with Crippen molar-refractivity contribution < 1.29 is 9.59 Å². The molecule has 0 unspecified atom stereocenters. The third-order valence-electron chi connectivity index (χ3n) is 2.66. The fraction of sp³-hybridized carbons (Fsp3) is 0.385. The molecule has 2 amide bonds. The van der Waals surface area contributed by atoms with Gasteiger partial charge in [0.15, 0.2) is 0 Å². The highest BCUT2D eigenvalue weighted by atomic mass is 79.9. The number of carbonyl (C=O) groups excluding carboxylic acids is 2. The molecule has 0 fully saturated rings. The van der Waals surface area contributed by atoms with Gasteiger partial charge in [-0.2, -0.15) is 0 Å². The van der Waals surface area contributed by atoms with Crippen molar-refractivity contribution in [1.82, 2.24) is 10.2 Å². The first kappa shape index (κ1) is 14.7. The molecule has 0 atom stereocenters. The van der Waals surface area contributed by atoms with Crippen molar-refractivity contribution in [3.05, 3.63) is 35.4 Å². The maximum Gasteiger partial charge on any atom is 0.253 e. The second kappa shape index (κ2) is 7.16. The maximum absolute atomic E-state index is 12.0. The molecular formula is C13H17BrN2O2. The van der Waals surface area contributed by atoms with E-state index in [1.165, 1.54) is 0 Å². The normalized spacial score (nSPS) is 9.94. The summed E-state index contributed by atoms with van der Waals surface area (Å²) in [5, 5.41) is 3.30. The minimum atomic E-state index is -0.0694. The Morgan fingerprint density at radius 2 is 1.89 bits per heavy atom. The van der Waals surface area contributed by atoms with Gasteiger partial charge in [-0.05, 0) is 17.7 Å². The van der Waals surface area contributed by atoms with Crippen LogP contribution in [0.2, 0.25) is 0 Å². The number of carbonyl (C=O) groups is 2. The number of hydrogen-bond acceptors (Lipinski definition) is 2. The molecule has 0 radical (unpaired) electrons. The molecule has 0 spiro atoms. The molecule has 5 heteroatoms. The molecule has 0 aromatic heterocycles. The molecule has 0 aliphatic heterocycles. The van der Waals surface area contributed by atoms with Gasteiger partial charge in [0.05, 0.1) is 0 Å². The lowest BCUT2D eigenvalue weighted by molar-refractivity contribution is -0.120. The molecule has 0 bridgehead atoms. The van der Waals surface area contributed by atoms with Gasteiger partial charge in [-0.25, -0.2) is 0 Å². The third-order valence-corrected chi connectivity index (χ3v) is 3.30. The smallest absolute Gasteiger partial charge is 0.253 e. The Morgan fingerprint density at radius 1 is 1.28 bits per heavy atom. The van der Waals surface area contributed by atoms with E-state index in [4.69, 9.17) is 0 Å². The summed E-state index contributed by atoms with van der Waals surface area (Å²) >= 11 is 3.36. The Morgan fingerprint density at radius 3 is 2.39 bits per heavy atom. The Bertz CT molecular complexity index is 418. The fourth-order valence-electron chi connectivity index (χ4n) is 1.45. The molecule has 0 saturated carbocycles. The van der Waals surface area contributed by atoms with Crippen LogP contribution in [0.4, 0.5) is 0 Å². The van der Waals surface area contributed by atoms with Crippen molar-refractivity contribution in [1.29, 1.82) is 0 Å². The highest BCUT2D eigenvalue weighted by Gasteiger charge is 2.12. The first-order valence-electron chi connectivity index (χ1n) is 5.69. The van der Waals surface area contributed by atoms with Gasteiger partial charge in [-0.3, -0.25) is 9.59 Å². The second-order valence-corrected chi connectivity index (χ2v) is 4.54. The van der Waals surface area contributed by atoms with Gasteiger partial charge in [-0.1, -0.05) is 28.1 Å². The summed E-state index contributed by atoms with van der Waals surface area (Å²) < 4.78 is 0. The van der Waals surface area contributed by atoms with E-state index in [1.807, 2.05) is 12.1 Å². The highest BCUT2D eigenvalue weighted by molar-refractivity contribution is 9.08. The fourth-order valence-corrected chi connectivity index (χ4v) is 1.83. The van der Waals surface area contributed by atoms with E-state index >= 15 is 0 Å². The quantitative estimate of drug-likeness (QED) is 0.843. The number of rotatable bonds is 5. The van der Waals surface area contributed by atoms with Crippen molar-refractivity contribution in [2.24, 2.45) is 0 Å². The van der Waals surface area contributed by atoms with Crippen LogP contribution < -0.4 is 5.32 Å². The molecule has 0 heterocycles. The van der Waals surface area contributed by atoms with Crippen molar-refractivity contribution in [3.8, 4) is 0 Å². The molecule has 1 aromatic rings. The van der Waals surface area contributed by atoms with Crippen molar-refractivity contribution in [3.63, 3.8) is 0 Å². The number of nitrogens with one attached hydrogen (secondary N) is 1. The molecule has 18 heavy (non-hydrogen) atoms. The van der Waals surface area contributed by atoms with Crippen LogP contribution in [-0.2, 0) is 10.1 Å². The lowest BCUT2D eigenvalue weighted by Gasteiger charge is -2.16. The second-order valence-electron chi connectivity index (χ2n) is 3.98. The topological polar surface area (TPSA) is 49.4 Å². The van der Waals surface area contributed by atoms with E-state index in [1.54, 1.807) is 31.1 Å². The number of hydrogen-bond donors (Lipinski definition) is 1. The van der Waals surface area contributed by atoms with Gasteiger partial charge in [0.25, 0.3) is 5.91 Å². The summed E-state index contributed by atoms with van der Waals surface area (Å²) in [5.41, 5.74) is 1.76. The van der Waals surface area contributed by atoms with E-state index in [-0.39, 0.29) is 11.8 Å². The SMILES string of the molecule is CNC(=O)CCN(C)C(=O)c1ccc(CBr)cc1. The number of nitrogens with zero attached hydrogens (tertiary/aromatic N) is 1. The monoisotopic (exact) mass is 312 g/mol. The number of alkyl halides is 1. The van der Waals surface area contributed by atoms with Crippen LogP contribution in [0.5, 0.6) is 0 Å². The summed E-state index contributed by atoms with van der Waals surface area (Å²) in [4.78, 5) is 24.7. The van der Waals surface area contributed by atoms with Crippen LogP contribution in [0.1, 0.15) is 22.3 Å². The van der Waals surface area contributed by atoms with Crippen LogP contribution >= 0.6 is 15.9 Å². The van der Waals surface area contributed by atoms with E-state index in [0.717, 1.165) is 10.9 Å². The number of amides is 2. The Labute approximate surface area is 115 Å². The summed E-state index contributed by atoms with van der Waals surface area (Å²) in [6.45, 7) is 0.415. The predicted molar refractivity (Wildman–Crippen MR) is 74.7 cm³/mol. The summed E-state index contributed by atoms with van der Waals surface area (Å²) in [7, 11) is 3.28. The standard InChI is InChI=1S/C13H17BrN2O2/c1-15-12(17)7-8-16(2)13(18)11-5-3-10(9-14)4-6-11/h3-6H,7-9H2,1-2H3,(H,15,17). The Kier molecular flexibility index (Phi) is 5.85. The van der Waals surface area contributed by atoms with Gasteiger partial charge in [0, 0.05) is 38.0 Å². The Balaban J connectivity index is 2.59. The largest absolute Gasteiger partial charge is 0.359 e. The van der Waals surface area contributed by atoms with E-state index in [9.17, 15) is 9.59 Å². The van der Waals surface area contributed by atoms with Gasteiger partial charge in [0.2, 0.25) is 5.91 Å². The zero-order valence-corrected chi connectivity index (χ0v) is 12.2. The van der Waals surface area contributed by atoms with Crippen LogP contribution in [0.15, 0.2) is 24.3 Å². The van der Waals surface area contributed by atoms with Crippen molar-refractivity contribution >= 4 is 27.7 Å². The average Bonchev–Trinajstić information content (AvgIpc) is 2.43. The molecule has 1 aromatic carbocycles. The zero-order chi connectivity index (χ0) is 13.5. The lowest BCUT2D eigenvalue weighted by atomic mass is 10.1. The predicted octanol–water partition coefficient (Wildman–Crippen LogP) is 1.79. The molecule has 1 rings (SSSR count). The van der Waals surface area contributed by atoms with E-state index in [0.29, 0.717) is 18.5 Å². The van der Waals surface area contributed by atoms with Gasteiger partial charge >= 0.3 is 0 Å². The summed E-state index contributed by atoms with van der Waals surface area (Å²) in [6, 6.07) is 7.42. The molecule has 98 valence electrons. The molecular weight excluding hydrogens is 296 g/mol. The molecule has 0 aliphatic carbocycles. The van der Waals surface area contributed by atoms with E-state index in [2.05, 4.69) is 21.2 Å². The minimum Gasteiger partial charge on any atom is -0.359 e. The molecule has 0 aliphatic rings. The third kappa shape index (κ3) is 4.14. The van der Waals surface area contributed by atoms with E-state index < -0.39 is 0 Å². The molecule has 0 saturated heterocycles. The first-order chi connectivity index (χ1) is 8.58. The lowest BCUT2D eigenvalue weighted by Crippen LogP contribution is -2.31. The van der Waals surface area contributed by atoms with Crippen LogP contribution in [0, 0.1) is 0 Å². The average molecular weight is 313 g/mol. The maximum atomic E-state index is 12.0. The van der Waals surface area contributed by atoms with Crippen molar-refractivity contribution in [2.45, 2.75) is 11.8 Å². The van der Waals surface area contributed by atoms with Crippen LogP contribution in [-0.4, -0.2) is 37.4 Å². The summed E-state index contributed by atoms with van der Waals surface area (Å²) in [5.74, 6) is -0.135. The number of benzene rings is 1. The van der Waals surface area contributed by atoms with Gasteiger partial charge in [0.1, 0.15) is 0 Å². The van der Waals surface area contributed by atoms with Crippen LogP contribution in [0.25, 0.3) is 0 Å². The minimum absolute atomic E-state index is 0.0655. The van der Waals surface area contributed by atoms with Crippen LogP contribution in [0.3, 0.4) is 0 Å². The van der Waals surface area contributed by atoms with Crippen molar-refractivity contribution in [2.75, 3.05) is 20.6 Å². The van der Waals surface area contributed by atoms with Gasteiger partial charge < -0.3 is 10.2 Å². The van der Waals surface area contributed by atoms with Gasteiger partial charge in [-0.15, -0.1) is 0 Å². The summed E-state index contributed by atoms with van der Waals surface area (Å²) in [6.07, 6.45) is 0.318. The molecule has 1 N–H and O–H groups in total. The first-order valence-corrected chi connectivity index (χ1v) is 6.81.